The van der Waals surface area contributed by atoms with Gasteiger partial charge in [0.2, 0.25) is 0 Å². The number of nitrogens with two attached hydrogens (primary N) is 1. The minimum atomic E-state index is -3.01. The van der Waals surface area contributed by atoms with E-state index in [-0.39, 0.29) is 10.9 Å². The van der Waals surface area contributed by atoms with Gasteiger partial charge in [0.25, 0.3) is 0 Å². The van der Waals surface area contributed by atoms with Crippen LogP contribution in [0.25, 0.3) is 0 Å². The van der Waals surface area contributed by atoms with Crippen LogP contribution in [0, 0.1) is 0 Å². The van der Waals surface area contributed by atoms with Crippen molar-refractivity contribution >= 4 is 21.6 Å². The summed E-state index contributed by atoms with van der Waals surface area (Å²) in [4.78, 5) is 2.04. The van der Waals surface area contributed by atoms with Crippen LogP contribution in [0.2, 0.25) is 0 Å². The molecule has 1 fully saturated rings. The Morgan fingerprint density at radius 2 is 2.18 bits per heavy atom. The maximum atomic E-state index is 11.7. The Bertz CT molecular complexity index is 341. The van der Waals surface area contributed by atoms with E-state index in [0.717, 1.165) is 25.1 Å². The first-order valence-electron chi connectivity index (χ1n) is 6.06. The largest absolute Gasteiger partial charge is 0.324 e. The first-order chi connectivity index (χ1) is 7.76. The van der Waals surface area contributed by atoms with Crippen molar-refractivity contribution in [2.75, 3.05) is 30.9 Å². The standard InChI is InChI=1S/C11H24N2O2S2/c1-4-5-11(2,12)9-13-6-7-16-8-10(13)17(3,14)15/h10H,4-9,12H2,1-3H3. The lowest BCUT2D eigenvalue weighted by Gasteiger charge is -2.39. The van der Waals surface area contributed by atoms with E-state index in [1.54, 1.807) is 11.8 Å². The van der Waals surface area contributed by atoms with Gasteiger partial charge < -0.3 is 5.73 Å². The number of sulfone groups is 1. The highest BCUT2D eigenvalue weighted by molar-refractivity contribution is 8.00. The van der Waals surface area contributed by atoms with Crippen LogP contribution in [-0.2, 0) is 9.84 Å². The fraction of sp³-hybridized carbons (Fsp3) is 1.00. The van der Waals surface area contributed by atoms with E-state index >= 15 is 0 Å². The molecule has 6 heteroatoms. The van der Waals surface area contributed by atoms with Crippen molar-refractivity contribution in [3.8, 4) is 0 Å². The van der Waals surface area contributed by atoms with E-state index in [9.17, 15) is 8.42 Å². The quantitative estimate of drug-likeness (QED) is 0.811. The van der Waals surface area contributed by atoms with Crippen LogP contribution in [0.3, 0.4) is 0 Å². The summed E-state index contributed by atoms with van der Waals surface area (Å²) in [6.07, 6.45) is 3.27. The van der Waals surface area contributed by atoms with Gasteiger partial charge in [-0.15, -0.1) is 0 Å². The van der Waals surface area contributed by atoms with Crippen LogP contribution in [-0.4, -0.2) is 55.1 Å². The van der Waals surface area contributed by atoms with E-state index in [4.69, 9.17) is 5.73 Å². The molecule has 0 radical (unpaired) electrons. The summed E-state index contributed by atoms with van der Waals surface area (Å²) in [5.41, 5.74) is 5.93. The second-order valence-corrected chi connectivity index (χ2v) is 8.59. The molecule has 0 spiro atoms. The molecular weight excluding hydrogens is 256 g/mol. The van der Waals surface area contributed by atoms with Gasteiger partial charge in [-0.3, -0.25) is 4.90 Å². The average Bonchev–Trinajstić information content (AvgIpc) is 2.15. The molecule has 0 saturated carbocycles. The Kier molecular flexibility index (Phi) is 5.31. The van der Waals surface area contributed by atoms with Gasteiger partial charge in [0, 0.05) is 36.4 Å². The highest BCUT2D eigenvalue weighted by Gasteiger charge is 2.34. The molecule has 4 nitrogen and oxygen atoms in total. The van der Waals surface area contributed by atoms with Crippen LogP contribution in [0.5, 0.6) is 0 Å². The molecule has 0 aromatic heterocycles. The van der Waals surface area contributed by atoms with Crippen molar-refractivity contribution < 1.29 is 8.42 Å². The molecule has 0 bridgehead atoms. The van der Waals surface area contributed by atoms with Crippen molar-refractivity contribution in [3.63, 3.8) is 0 Å². The third kappa shape index (κ3) is 4.77. The molecular formula is C11H24N2O2S2. The number of rotatable bonds is 5. The lowest BCUT2D eigenvalue weighted by Crippen LogP contribution is -2.55. The lowest BCUT2D eigenvalue weighted by molar-refractivity contribution is 0.206. The molecule has 1 aliphatic rings. The van der Waals surface area contributed by atoms with Gasteiger partial charge in [0.15, 0.2) is 9.84 Å². The van der Waals surface area contributed by atoms with Crippen molar-refractivity contribution in [2.45, 2.75) is 37.6 Å². The summed E-state index contributed by atoms with van der Waals surface area (Å²) < 4.78 is 23.5. The SMILES string of the molecule is CCCC(C)(N)CN1CCSCC1S(C)(=O)=O. The van der Waals surface area contributed by atoms with Gasteiger partial charge in [-0.25, -0.2) is 8.42 Å². The first-order valence-corrected chi connectivity index (χ1v) is 9.17. The van der Waals surface area contributed by atoms with Crippen molar-refractivity contribution in [1.82, 2.24) is 4.90 Å². The summed E-state index contributed by atoms with van der Waals surface area (Å²) in [5.74, 6) is 1.66. The van der Waals surface area contributed by atoms with Crippen LogP contribution in [0.4, 0.5) is 0 Å². The summed E-state index contributed by atoms with van der Waals surface area (Å²) in [6, 6.07) is 0. The van der Waals surface area contributed by atoms with E-state index in [1.807, 2.05) is 11.8 Å². The van der Waals surface area contributed by atoms with E-state index in [2.05, 4.69) is 6.92 Å². The molecule has 102 valence electrons. The van der Waals surface area contributed by atoms with E-state index in [0.29, 0.717) is 12.3 Å². The number of thioether (sulfide) groups is 1. The van der Waals surface area contributed by atoms with Gasteiger partial charge in [-0.05, 0) is 13.3 Å². The molecule has 2 unspecified atom stereocenters. The fourth-order valence-corrected chi connectivity index (χ4v) is 5.25. The predicted molar refractivity (Wildman–Crippen MR) is 75.0 cm³/mol. The highest BCUT2D eigenvalue weighted by atomic mass is 32.2. The Hall–Kier alpha value is 0.220. The first kappa shape index (κ1) is 15.3. The number of hydrogen-bond donors (Lipinski definition) is 1. The van der Waals surface area contributed by atoms with Crippen LogP contribution < -0.4 is 5.73 Å². The van der Waals surface area contributed by atoms with E-state index in [1.165, 1.54) is 6.26 Å². The third-order valence-corrected chi connectivity index (χ3v) is 5.76. The monoisotopic (exact) mass is 280 g/mol. The highest BCUT2D eigenvalue weighted by Crippen LogP contribution is 2.23. The third-order valence-electron chi connectivity index (χ3n) is 3.07. The van der Waals surface area contributed by atoms with Gasteiger partial charge in [0.1, 0.15) is 5.37 Å². The Balaban J connectivity index is 2.73. The average molecular weight is 280 g/mol. The van der Waals surface area contributed by atoms with Crippen molar-refractivity contribution in [3.05, 3.63) is 0 Å². The normalized spacial score (nSPS) is 26.7. The second kappa shape index (κ2) is 5.91. The smallest absolute Gasteiger partial charge is 0.164 e. The molecule has 0 aliphatic carbocycles. The summed E-state index contributed by atoms with van der Waals surface area (Å²) in [7, 11) is -3.01. The Morgan fingerprint density at radius 3 is 2.71 bits per heavy atom. The van der Waals surface area contributed by atoms with E-state index < -0.39 is 9.84 Å². The predicted octanol–water partition coefficient (Wildman–Crippen LogP) is 0.923. The Morgan fingerprint density at radius 1 is 1.53 bits per heavy atom. The molecule has 0 aromatic rings. The zero-order chi connectivity index (χ0) is 13.1. The minimum absolute atomic E-state index is 0.292. The molecule has 2 atom stereocenters. The molecule has 17 heavy (non-hydrogen) atoms. The zero-order valence-electron chi connectivity index (χ0n) is 11.0. The zero-order valence-corrected chi connectivity index (χ0v) is 12.6. The van der Waals surface area contributed by atoms with Gasteiger partial charge >= 0.3 is 0 Å². The summed E-state index contributed by atoms with van der Waals surface area (Å²) >= 11 is 1.71. The molecule has 2 N–H and O–H groups in total. The maximum absolute atomic E-state index is 11.7. The molecule has 1 aliphatic heterocycles. The van der Waals surface area contributed by atoms with Crippen molar-refractivity contribution in [2.24, 2.45) is 5.73 Å². The lowest BCUT2D eigenvalue weighted by atomic mass is 9.97. The van der Waals surface area contributed by atoms with Gasteiger partial charge in [0.05, 0.1) is 0 Å². The molecule has 0 amide bonds. The fourth-order valence-electron chi connectivity index (χ4n) is 2.30. The number of nitrogens with zero attached hydrogens (tertiary/aromatic N) is 1. The molecule has 1 saturated heterocycles. The van der Waals surface area contributed by atoms with Gasteiger partial charge in [-0.1, -0.05) is 13.3 Å². The van der Waals surface area contributed by atoms with Crippen molar-refractivity contribution in [1.29, 1.82) is 0 Å². The Labute approximate surface area is 109 Å². The molecule has 1 heterocycles. The minimum Gasteiger partial charge on any atom is -0.324 e. The summed E-state index contributed by atoms with van der Waals surface area (Å²) in [5, 5.41) is -0.360. The molecule has 0 aromatic carbocycles. The second-order valence-electron chi connectivity index (χ2n) is 5.23. The van der Waals surface area contributed by atoms with Crippen LogP contribution >= 0.6 is 11.8 Å². The van der Waals surface area contributed by atoms with Crippen LogP contribution in [0.15, 0.2) is 0 Å². The van der Waals surface area contributed by atoms with Crippen LogP contribution in [0.1, 0.15) is 26.7 Å². The maximum Gasteiger partial charge on any atom is 0.164 e. The summed E-state index contributed by atoms with van der Waals surface area (Å²) in [6.45, 7) is 5.60. The number of hydrogen-bond acceptors (Lipinski definition) is 5. The van der Waals surface area contributed by atoms with Gasteiger partial charge in [-0.2, -0.15) is 11.8 Å². The molecule has 1 rings (SSSR count). The topological polar surface area (TPSA) is 63.4 Å².